The Morgan fingerprint density at radius 2 is 1.86 bits per heavy atom. The normalized spacial score (nSPS) is 34.4. The average molecular weight is 609 g/mol. The first-order valence-electron chi connectivity index (χ1n) is 14.9. The quantitative estimate of drug-likeness (QED) is 0.305. The van der Waals surface area contributed by atoms with Gasteiger partial charge in [0.15, 0.2) is 17.0 Å². The fourth-order valence-electron chi connectivity index (χ4n) is 8.08. The van der Waals surface area contributed by atoms with Crippen LogP contribution >= 0.6 is 0 Å². The Morgan fingerprint density at radius 3 is 2.45 bits per heavy atom. The molecule has 236 valence electrons. The number of aromatic hydroxyl groups is 1. The minimum absolute atomic E-state index is 0.0111. The van der Waals surface area contributed by atoms with Crippen molar-refractivity contribution in [3.63, 3.8) is 0 Å². The molecule has 7 rings (SSSR count). The van der Waals surface area contributed by atoms with Gasteiger partial charge < -0.3 is 34.3 Å². The lowest BCUT2D eigenvalue weighted by molar-refractivity contribution is -0.190. The van der Waals surface area contributed by atoms with E-state index in [1.54, 1.807) is 6.92 Å². The number of carboxylic acid groups (broad SMARTS) is 1. The van der Waals surface area contributed by atoms with E-state index in [0.717, 1.165) is 0 Å². The Hall–Kier alpha value is -3.47. The Bertz CT molecular complexity index is 1630. The van der Waals surface area contributed by atoms with Crippen molar-refractivity contribution >= 4 is 17.5 Å². The first-order chi connectivity index (χ1) is 20.3. The number of hydrogen-bond donors (Lipinski definition) is 3. The van der Waals surface area contributed by atoms with E-state index in [-0.39, 0.29) is 53.0 Å². The van der Waals surface area contributed by atoms with Crippen molar-refractivity contribution in [2.24, 2.45) is 5.92 Å². The molecule has 10 heteroatoms. The number of methoxy groups -OCH3 is 1. The fourth-order valence-corrected chi connectivity index (χ4v) is 8.08. The predicted octanol–water partition coefficient (Wildman–Crippen LogP) is 4.13. The zero-order chi connectivity index (χ0) is 32.5. The van der Waals surface area contributed by atoms with Crippen LogP contribution in [-0.4, -0.2) is 74.6 Å². The molecule has 1 saturated carbocycles. The molecule has 0 radical (unpaired) electrons. The van der Waals surface area contributed by atoms with E-state index in [1.807, 2.05) is 34.6 Å². The number of hydrogen-bond acceptors (Lipinski definition) is 9. The van der Waals surface area contributed by atoms with E-state index < -0.39 is 63.5 Å². The lowest BCUT2D eigenvalue weighted by Crippen LogP contribution is -2.77. The molecular weight excluding hydrogens is 568 g/mol. The summed E-state index contributed by atoms with van der Waals surface area (Å²) in [5.41, 5.74) is -5.32. The summed E-state index contributed by atoms with van der Waals surface area (Å²) in [6.45, 7) is 16.4. The van der Waals surface area contributed by atoms with Crippen LogP contribution in [0.3, 0.4) is 0 Å². The number of fused-ring (bicyclic) bond motifs is 3. The largest absolute Gasteiger partial charge is 0.507 e. The number of carbonyl (C=O) groups is 3. The molecule has 3 aliphatic heterocycles. The molecule has 0 amide bonds. The van der Waals surface area contributed by atoms with Gasteiger partial charge in [0.05, 0.1) is 11.7 Å². The van der Waals surface area contributed by atoms with E-state index in [4.69, 9.17) is 18.9 Å². The molecule has 1 aromatic rings. The minimum atomic E-state index is -1.81. The third kappa shape index (κ3) is 3.44. The second-order valence-electron chi connectivity index (χ2n) is 14.1. The van der Waals surface area contributed by atoms with E-state index in [2.05, 4.69) is 6.58 Å². The standard InChI is InChI=1S/C34H40O10/c1-15(2)20(35)12-18-24(36)22-25(37)19-13-32(41-9)14-21-31(7,8)44-33(29(32)40,11-10-16(3)28(38)39)34(19,21)43-27(22)23-26(18)42-17(4)30(23,5)6/h10,13,17,20-21,35-36H,1,11-12,14H2,2-9H3,(H,38,39)/b16-10-/t17-,20?,21?,32+,33+,34-/m0/s1. The number of benzene rings is 1. The molecule has 3 heterocycles. The van der Waals surface area contributed by atoms with Gasteiger partial charge in [-0.05, 0) is 47.1 Å². The highest BCUT2D eigenvalue weighted by molar-refractivity contribution is 6.20. The summed E-state index contributed by atoms with van der Waals surface area (Å²) in [7, 11) is 1.40. The summed E-state index contributed by atoms with van der Waals surface area (Å²) in [5, 5.41) is 32.2. The monoisotopic (exact) mass is 608 g/mol. The Kier molecular flexibility index (Phi) is 6.28. The van der Waals surface area contributed by atoms with Crippen LogP contribution in [0.2, 0.25) is 0 Å². The van der Waals surface area contributed by atoms with Crippen LogP contribution in [0, 0.1) is 5.92 Å². The average Bonchev–Trinajstić information content (AvgIpc) is 3.27. The number of carbonyl (C=O) groups excluding carboxylic acids is 2. The molecule has 3 aliphatic carbocycles. The van der Waals surface area contributed by atoms with Crippen molar-refractivity contribution in [2.45, 2.75) is 108 Å². The van der Waals surface area contributed by atoms with E-state index in [0.29, 0.717) is 16.9 Å². The van der Waals surface area contributed by atoms with Crippen molar-refractivity contribution in [1.29, 1.82) is 0 Å². The molecule has 10 nitrogen and oxygen atoms in total. The predicted molar refractivity (Wildman–Crippen MR) is 158 cm³/mol. The van der Waals surface area contributed by atoms with Crippen LogP contribution in [0.25, 0.3) is 0 Å². The van der Waals surface area contributed by atoms with Crippen LogP contribution in [0.1, 0.15) is 82.8 Å². The SMILES string of the molecule is C=C(C)C(O)Cc1c(O)c2c(c3c1O[C@@H](C)C3(C)C)O[C@@]13C(=C[C@@]4(OC)CC1C(C)(C)O[C@]3(C/C=C(/C)C(=O)O)C4=O)C2=O. The molecule has 1 aromatic carbocycles. The van der Waals surface area contributed by atoms with Crippen molar-refractivity contribution in [2.75, 3.05) is 7.11 Å². The van der Waals surface area contributed by atoms with Gasteiger partial charge in [-0.3, -0.25) is 9.59 Å². The number of aliphatic hydroxyl groups is 1. The summed E-state index contributed by atoms with van der Waals surface area (Å²) in [6.07, 6.45) is 1.50. The number of aliphatic hydroxyl groups excluding tert-OH is 1. The van der Waals surface area contributed by atoms with Gasteiger partial charge in [0, 0.05) is 53.6 Å². The Labute approximate surface area is 256 Å². The highest BCUT2D eigenvalue weighted by Gasteiger charge is 2.84. The van der Waals surface area contributed by atoms with Gasteiger partial charge in [-0.2, -0.15) is 0 Å². The number of ketones is 2. The molecule has 1 spiro atoms. The number of aliphatic carboxylic acids is 1. The van der Waals surface area contributed by atoms with Gasteiger partial charge in [-0.25, -0.2) is 4.79 Å². The van der Waals surface area contributed by atoms with E-state index >= 15 is 0 Å². The van der Waals surface area contributed by atoms with Gasteiger partial charge in [0.25, 0.3) is 0 Å². The molecule has 2 fully saturated rings. The number of rotatable bonds is 7. The second-order valence-corrected chi connectivity index (χ2v) is 14.1. The van der Waals surface area contributed by atoms with Gasteiger partial charge >= 0.3 is 5.97 Å². The molecule has 44 heavy (non-hydrogen) atoms. The number of phenols is 1. The highest BCUT2D eigenvalue weighted by Crippen LogP contribution is 2.70. The first kappa shape index (κ1) is 30.6. The second kappa shape index (κ2) is 9.05. The van der Waals surface area contributed by atoms with Crippen molar-refractivity contribution < 1.29 is 48.7 Å². The van der Waals surface area contributed by atoms with Crippen LogP contribution in [0.4, 0.5) is 0 Å². The third-order valence-corrected chi connectivity index (χ3v) is 10.9. The van der Waals surface area contributed by atoms with Gasteiger partial charge in [0.2, 0.25) is 5.78 Å². The smallest absolute Gasteiger partial charge is 0.330 e. The van der Waals surface area contributed by atoms with E-state index in [9.17, 15) is 29.7 Å². The third-order valence-electron chi connectivity index (χ3n) is 10.9. The summed E-state index contributed by atoms with van der Waals surface area (Å²) in [5.74, 6) is -2.64. The lowest BCUT2D eigenvalue weighted by atomic mass is 9.49. The van der Waals surface area contributed by atoms with Gasteiger partial charge in [0.1, 0.15) is 34.5 Å². The topological polar surface area (TPSA) is 149 Å². The summed E-state index contributed by atoms with van der Waals surface area (Å²) in [6, 6.07) is 0. The molecule has 0 aromatic heterocycles. The first-order valence-corrected chi connectivity index (χ1v) is 14.9. The Balaban J connectivity index is 1.69. The van der Waals surface area contributed by atoms with Crippen LogP contribution in [-0.2, 0) is 30.9 Å². The number of carboxylic acids is 1. The molecule has 1 saturated heterocycles. The maximum Gasteiger partial charge on any atom is 0.330 e. The maximum absolute atomic E-state index is 14.8. The minimum Gasteiger partial charge on any atom is -0.507 e. The summed E-state index contributed by atoms with van der Waals surface area (Å²) in [4.78, 5) is 41.2. The number of phenolic OH excluding ortho intramolecular Hbond substituents is 1. The maximum atomic E-state index is 14.8. The van der Waals surface area contributed by atoms with Gasteiger partial charge in [-0.1, -0.05) is 32.1 Å². The van der Waals surface area contributed by atoms with Crippen molar-refractivity contribution in [3.05, 3.63) is 52.1 Å². The molecule has 6 aliphatic rings. The molecule has 6 atom stereocenters. The molecule has 3 N–H and O–H groups in total. The number of Topliss-reactive ketones (excluding diaryl/α,β-unsaturated/α-hetero) is 2. The van der Waals surface area contributed by atoms with Crippen molar-refractivity contribution in [3.8, 4) is 17.2 Å². The van der Waals surface area contributed by atoms with Crippen molar-refractivity contribution in [1.82, 2.24) is 0 Å². The molecule has 2 unspecified atom stereocenters. The fraction of sp³-hybridized carbons (Fsp3) is 0.559. The Morgan fingerprint density at radius 1 is 1.20 bits per heavy atom. The van der Waals surface area contributed by atoms with Crippen LogP contribution < -0.4 is 9.47 Å². The summed E-state index contributed by atoms with van der Waals surface area (Å²) >= 11 is 0. The highest BCUT2D eigenvalue weighted by atomic mass is 16.6. The lowest BCUT2D eigenvalue weighted by Gasteiger charge is -2.59. The van der Waals surface area contributed by atoms with Gasteiger partial charge in [-0.15, -0.1) is 0 Å². The zero-order valence-corrected chi connectivity index (χ0v) is 26.4. The summed E-state index contributed by atoms with van der Waals surface area (Å²) < 4.78 is 26.0. The van der Waals surface area contributed by atoms with E-state index in [1.165, 1.54) is 26.2 Å². The zero-order valence-electron chi connectivity index (χ0n) is 26.4. The molecular formula is C34H40O10. The number of ether oxygens (including phenoxy) is 4. The molecule has 4 bridgehead atoms. The van der Waals surface area contributed by atoms with Crippen LogP contribution in [0.15, 0.2) is 35.5 Å². The van der Waals surface area contributed by atoms with Crippen LogP contribution in [0.5, 0.6) is 17.2 Å².